The summed E-state index contributed by atoms with van der Waals surface area (Å²) in [5.41, 5.74) is 3.80. The van der Waals surface area contributed by atoms with Gasteiger partial charge in [-0.2, -0.15) is 4.39 Å². The molecule has 0 fully saturated rings. The third-order valence-corrected chi connectivity index (χ3v) is 1.68. The van der Waals surface area contributed by atoms with Gasteiger partial charge in [0, 0.05) is 11.8 Å². The first-order valence-electron chi connectivity index (χ1n) is 3.79. The topological polar surface area (TPSA) is 95.5 Å². The van der Waals surface area contributed by atoms with Crippen molar-refractivity contribution in [1.82, 2.24) is 0 Å². The molecule has 1 aromatic rings. The molecule has 15 heavy (non-hydrogen) atoms. The number of rotatable bonds is 2. The van der Waals surface area contributed by atoms with Crippen LogP contribution in [0.2, 0.25) is 0 Å². The first kappa shape index (κ1) is 10.9. The van der Waals surface area contributed by atoms with Crippen molar-refractivity contribution in [1.29, 1.82) is 0 Å². The van der Waals surface area contributed by atoms with Gasteiger partial charge >= 0.3 is 11.7 Å². The van der Waals surface area contributed by atoms with E-state index in [2.05, 4.69) is 4.74 Å². The summed E-state index contributed by atoms with van der Waals surface area (Å²) >= 11 is 0. The SMILES string of the molecule is COC(=O)c1cc(N)cc([N+](=O)[O-])c1F. The first-order chi connectivity index (χ1) is 6.97. The zero-order chi connectivity index (χ0) is 11.6. The quantitative estimate of drug-likeness (QED) is 0.344. The maximum Gasteiger partial charge on any atom is 0.341 e. The van der Waals surface area contributed by atoms with Crippen molar-refractivity contribution in [2.75, 3.05) is 12.8 Å². The Labute approximate surface area is 83.6 Å². The number of ether oxygens (including phenoxy) is 1. The number of esters is 1. The molecule has 0 aliphatic heterocycles. The third-order valence-electron chi connectivity index (χ3n) is 1.68. The molecule has 0 saturated carbocycles. The van der Waals surface area contributed by atoms with E-state index >= 15 is 0 Å². The summed E-state index contributed by atoms with van der Waals surface area (Å²) < 4.78 is 17.6. The number of hydrogen-bond donors (Lipinski definition) is 1. The molecule has 0 aliphatic carbocycles. The van der Waals surface area contributed by atoms with Gasteiger partial charge in [0.2, 0.25) is 5.82 Å². The Morgan fingerprint density at radius 2 is 2.20 bits per heavy atom. The molecule has 7 heteroatoms. The van der Waals surface area contributed by atoms with Gasteiger partial charge in [0.25, 0.3) is 0 Å². The standard InChI is InChI=1S/C8H7FN2O4/c1-15-8(12)5-2-4(10)3-6(7(5)9)11(13)14/h2-3H,10H2,1H3. The number of methoxy groups -OCH3 is 1. The van der Waals surface area contributed by atoms with Crippen LogP contribution in [0.15, 0.2) is 12.1 Å². The van der Waals surface area contributed by atoms with Gasteiger partial charge in [0.15, 0.2) is 0 Å². The molecule has 80 valence electrons. The van der Waals surface area contributed by atoms with Crippen LogP contribution < -0.4 is 5.73 Å². The minimum absolute atomic E-state index is 0.0801. The van der Waals surface area contributed by atoms with E-state index in [1.165, 1.54) is 0 Å². The average molecular weight is 214 g/mol. The number of hydrogen-bond acceptors (Lipinski definition) is 5. The monoisotopic (exact) mass is 214 g/mol. The van der Waals surface area contributed by atoms with Crippen LogP contribution in [-0.2, 0) is 4.74 Å². The number of halogens is 1. The Morgan fingerprint density at radius 1 is 1.60 bits per heavy atom. The lowest BCUT2D eigenvalue weighted by Gasteiger charge is -2.02. The summed E-state index contributed by atoms with van der Waals surface area (Å²) in [5.74, 6) is -2.26. The predicted molar refractivity (Wildman–Crippen MR) is 48.8 cm³/mol. The number of nitrogens with two attached hydrogens (primary N) is 1. The third kappa shape index (κ3) is 2.01. The van der Waals surface area contributed by atoms with Crippen LogP contribution in [-0.4, -0.2) is 18.0 Å². The Balaban J connectivity index is 3.41. The molecule has 0 heterocycles. The summed E-state index contributed by atoms with van der Waals surface area (Å²) in [6.45, 7) is 0. The Bertz CT molecular complexity index is 433. The van der Waals surface area contributed by atoms with Gasteiger partial charge in [-0.3, -0.25) is 10.1 Å². The van der Waals surface area contributed by atoms with E-state index in [4.69, 9.17) is 5.73 Å². The van der Waals surface area contributed by atoms with Crippen molar-refractivity contribution in [3.63, 3.8) is 0 Å². The molecule has 0 aliphatic rings. The molecule has 0 unspecified atom stereocenters. The van der Waals surface area contributed by atoms with Crippen LogP contribution in [0, 0.1) is 15.9 Å². The highest BCUT2D eigenvalue weighted by molar-refractivity contribution is 5.91. The van der Waals surface area contributed by atoms with Gasteiger partial charge in [-0.1, -0.05) is 0 Å². The summed E-state index contributed by atoms with van der Waals surface area (Å²) in [5, 5.41) is 10.4. The van der Waals surface area contributed by atoms with Gasteiger partial charge in [-0.15, -0.1) is 0 Å². The highest BCUT2D eigenvalue weighted by atomic mass is 19.1. The number of nitro benzene ring substituents is 1. The molecule has 2 N–H and O–H groups in total. The lowest BCUT2D eigenvalue weighted by molar-refractivity contribution is -0.387. The van der Waals surface area contributed by atoms with E-state index in [0.29, 0.717) is 0 Å². The minimum Gasteiger partial charge on any atom is -0.465 e. The number of carbonyl (C=O) groups is 1. The fourth-order valence-electron chi connectivity index (χ4n) is 1.02. The van der Waals surface area contributed by atoms with E-state index in [9.17, 15) is 19.3 Å². The lowest BCUT2D eigenvalue weighted by atomic mass is 10.1. The van der Waals surface area contributed by atoms with Gasteiger partial charge in [0.05, 0.1) is 12.0 Å². The fourth-order valence-corrected chi connectivity index (χ4v) is 1.02. The normalized spacial score (nSPS) is 9.73. The smallest absolute Gasteiger partial charge is 0.341 e. The number of anilines is 1. The van der Waals surface area contributed by atoms with Crippen LogP contribution in [0.3, 0.4) is 0 Å². The number of benzene rings is 1. The highest BCUT2D eigenvalue weighted by Crippen LogP contribution is 2.24. The summed E-state index contributed by atoms with van der Waals surface area (Å²) in [4.78, 5) is 20.5. The van der Waals surface area contributed by atoms with E-state index < -0.39 is 28.0 Å². The Morgan fingerprint density at radius 3 is 2.67 bits per heavy atom. The van der Waals surface area contributed by atoms with Crippen LogP contribution in [0.1, 0.15) is 10.4 Å². The van der Waals surface area contributed by atoms with Crippen LogP contribution in [0.5, 0.6) is 0 Å². The zero-order valence-corrected chi connectivity index (χ0v) is 7.69. The van der Waals surface area contributed by atoms with E-state index in [1.54, 1.807) is 0 Å². The fraction of sp³-hybridized carbons (Fsp3) is 0.125. The second kappa shape index (κ2) is 3.91. The molecule has 0 atom stereocenters. The number of nitro groups is 1. The number of nitrogen functional groups attached to an aromatic ring is 1. The molecule has 0 aromatic heterocycles. The van der Waals surface area contributed by atoms with Crippen LogP contribution in [0.4, 0.5) is 15.8 Å². The Hall–Kier alpha value is -2.18. The molecule has 0 spiro atoms. The van der Waals surface area contributed by atoms with Gasteiger partial charge in [0.1, 0.15) is 5.56 Å². The Kier molecular flexibility index (Phi) is 2.84. The predicted octanol–water partition coefficient (Wildman–Crippen LogP) is 1.10. The van der Waals surface area contributed by atoms with Gasteiger partial charge in [-0.05, 0) is 6.07 Å². The highest BCUT2D eigenvalue weighted by Gasteiger charge is 2.23. The van der Waals surface area contributed by atoms with Crippen molar-refractivity contribution >= 4 is 17.3 Å². The molecule has 0 radical (unpaired) electrons. The van der Waals surface area contributed by atoms with E-state index in [1.807, 2.05) is 0 Å². The second-order valence-electron chi connectivity index (χ2n) is 2.65. The lowest BCUT2D eigenvalue weighted by Crippen LogP contribution is -2.08. The molecule has 0 amide bonds. The van der Waals surface area contributed by atoms with Crippen molar-refractivity contribution in [3.8, 4) is 0 Å². The van der Waals surface area contributed by atoms with E-state index in [-0.39, 0.29) is 5.69 Å². The van der Waals surface area contributed by atoms with Crippen molar-refractivity contribution in [2.45, 2.75) is 0 Å². The first-order valence-corrected chi connectivity index (χ1v) is 3.79. The largest absolute Gasteiger partial charge is 0.465 e. The molecular formula is C8H7FN2O4. The molecule has 0 bridgehead atoms. The van der Waals surface area contributed by atoms with E-state index in [0.717, 1.165) is 19.2 Å². The molecular weight excluding hydrogens is 207 g/mol. The van der Waals surface area contributed by atoms with Gasteiger partial charge < -0.3 is 10.5 Å². The van der Waals surface area contributed by atoms with Crippen molar-refractivity contribution in [3.05, 3.63) is 33.6 Å². The van der Waals surface area contributed by atoms with Crippen LogP contribution >= 0.6 is 0 Å². The maximum absolute atomic E-state index is 13.3. The maximum atomic E-state index is 13.3. The summed E-state index contributed by atoms with van der Waals surface area (Å²) in [6.07, 6.45) is 0. The minimum atomic E-state index is -1.25. The van der Waals surface area contributed by atoms with Crippen LogP contribution in [0.25, 0.3) is 0 Å². The van der Waals surface area contributed by atoms with Crippen molar-refractivity contribution in [2.24, 2.45) is 0 Å². The molecule has 6 nitrogen and oxygen atoms in total. The van der Waals surface area contributed by atoms with Crippen molar-refractivity contribution < 1.29 is 18.8 Å². The summed E-state index contributed by atoms with van der Waals surface area (Å²) in [6, 6.07) is 1.82. The zero-order valence-electron chi connectivity index (χ0n) is 7.69. The number of nitrogens with zero attached hydrogens (tertiary/aromatic N) is 1. The average Bonchev–Trinajstić information content (AvgIpc) is 2.19. The molecule has 1 aromatic carbocycles. The molecule has 1 rings (SSSR count). The molecule has 0 saturated heterocycles. The van der Waals surface area contributed by atoms with Gasteiger partial charge in [-0.25, -0.2) is 4.79 Å². The number of carbonyl (C=O) groups excluding carboxylic acids is 1. The summed E-state index contributed by atoms with van der Waals surface area (Å²) in [7, 11) is 1.04. The second-order valence-corrected chi connectivity index (χ2v) is 2.65.